The molecular formula is C15H13N3O4. The number of hydrogen-bond acceptors (Lipinski definition) is 6. The van der Waals surface area contributed by atoms with Crippen LogP contribution >= 0.6 is 0 Å². The highest BCUT2D eigenvalue weighted by Crippen LogP contribution is 2.25. The maximum Gasteiger partial charge on any atom is 0.341 e. The molecule has 0 radical (unpaired) electrons. The highest BCUT2D eigenvalue weighted by molar-refractivity contribution is 6.01. The Hall–Kier alpha value is -3.09. The van der Waals surface area contributed by atoms with Crippen LogP contribution in [0.25, 0.3) is 11.3 Å². The second kappa shape index (κ2) is 6.13. The lowest BCUT2D eigenvalue weighted by atomic mass is 10.0. The molecule has 0 atom stereocenters. The van der Waals surface area contributed by atoms with Crippen LogP contribution in [0.1, 0.15) is 21.9 Å². The van der Waals surface area contributed by atoms with E-state index in [4.69, 9.17) is 4.52 Å². The Balaban J connectivity index is 2.44. The molecule has 0 aromatic carbocycles. The zero-order valence-electron chi connectivity index (χ0n) is 11.9. The topological polar surface area (TPSA) is 106 Å². The zero-order valence-corrected chi connectivity index (χ0v) is 11.9. The minimum absolute atomic E-state index is 0.0453. The molecule has 0 bridgehead atoms. The van der Waals surface area contributed by atoms with Crippen LogP contribution in [0.2, 0.25) is 0 Å². The Morgan fingerprint density at radius 1 is 1.36 bits per heavy atom. The number of carboxylic acid groups (broad SMARTS) is 1. The second-order valence-corrected chi connectivity index (χ2v) is 4.48. The molecule has 0 fully saturated rings. The lowest BCUT2D eigenvalue weighted by Gasteiger charge is -2.00. The number of carbonyl (C=O) groups excluding carboxylic acids is 1. The van der Waals surface area contributed by atoms with Crippen molar-refractivity contribution in [2.75, 3.05) is 0 Å². The smallest absolute Gasteiger partial charge is 0.341 e. The Labute approximate surface area is 126 Å². The van der Waals surface area contributed by atoms with Crippen molar-refractivity contribution in [3.63, 3.8) is 0 Å². The van der Waals surface area contributed by atoms with E-state index >= 15 is 0 Å². The lowest BCUT2D eigenvalue weighted by Crippen LogP contribution is -2.08. The van der Waals surface area contributed by atoms with Gasteiger partial charge in [-0.2, -0.15) is 0 Å². The van der Waals surface area contributed by atoms with E-state index in [1.807, 2.05) is 0 Å². The van der Waals surface area contributed by atoms with Gasteiger partial charge in [-0.1, -0.05) is 24.4 Å². The van der Waals surface area contributed by atoms with Gasteiger partial charge in [0.15, 0.2) is 11.5 Å². The van der Waals surface area contributed by atoms with Crippen LogP contribution in [-0.2, 0) is 11.2 Å². The molecule has 7 nitrogen and oxygen atoms in total. The third-order valence-electron chi connectivity index (χ3n) is 2.96. The van der Waals surface area contributed by atoms with E-state index < -0.39 is 5.97 Å². The molecule has 2 aromatic heterocycles. The SMILES string of the molecule is C=CC(=C)C(=O)Cc1onc(-c2cnc(C)nc2)c1C(=O)O. The van der Waals surface area contributed by atoms with Crippen LogP contribution < -0.4 is 0 Å². The Morgan fingerprint density at radius 2 is 2.00 bits per heavy atom. The first-order valence-electron chi connectivity index (χ1n) is 6.29. The van der Waals surface area contributed by atoms with Crippen molar-refractivity contribution in [1.82, 2.24) is 15.1 Å². The van der Waals surface area contributed by atoms with E-state index in [0.29, 0.717) is 11.4 Å². The van der Waals surface area contributed by atoms with Crippen LogP contribution in [0, 0.1) is 6.92 Å². The molecule has 2 rings (SSSR count). The molecule has 2 heterocycles. The van der Waals surface area contributed by atoms with Crippen molar-refractivity contribution in [2.24, 2.45) is 0 Å². The highest BCUT2D eigenvalue weighted by Gasteiger charge is 2.25. The summed E-state index contributed by atoms with van der Waals surface area (Å²) in [5, 5.41) is 13.1. The van der Waals surface area contributed by atoms with Crippen LogP contribution in [0.3, 0.4) is 0 Å². The summed E-state index contributed by atoms with van der Waals surface area (Å²) in [6.45, 7) is 8.67. The Bertz CT molecular complexity index is 760. The number of nitrogens with zero attached hydrogens (tertiary/aromatic N) is 3. The van der Waals surface area contributed by atoms with Crippen molar-refractivity contribution in [2.45, 2.75) is 13.3 Å². The first kappa shape index (κ1) is 15.3. The van der Waals surface area contributed by atoms with Gasteiger partial charge in [0.2, 0.25) is 0 Å². The lowest BCUT2D eigenvalue weighted by molar-refractivity contribution is -0.114. The van der Waals surface area contributed by atoms with Gasteiger partial charge in [-0.15, -0.1) is 0 Å². The van der Waals surface area contributed by atoms with Crippen molar-refractivity contribution in [3.05, 3.63) is 54.3 Å². The Kier molecular flexibility index (Phi) is 4.26. The maximum atomic E-state index is 11.8. The number of aryl methyl sites for hydroxylation is 1. The Morgan fingerprint density at radius 3 is 2.55 bits per heavy atom. The van der Waals surface area contributed by atoms with Crippen LogP contribution in [0.4, 0.5) is 0 Å². The van der Waals surface area contributed by atoms with Gasteiger partial charge in [-0.25, -0.2) is 14.8 Å². The fraction of sp³-hybridized carbons (Fsp3) is 0.133. The number of aromatic carboxylic acids is 1. The molecule has 0 spiro atoms. The van der Waals surface area contributed by atoms with E-state index in [9.17, 15) is 14.7 Å². The molecule has 0 saturated carbocycles. The first-order valence-corrected chi connectivity index (χ1v) is 6.29. The highest BCUT2D eigenvalue weighted by atomic mass is 16.5. The predicted molar refractivity (Wildman–Crippen MR) is 77.3 cm³/mol. The normalized spacial score (nSPS) is 10.2. The molecule has 0 aliphatic heterocycles. The average Bonchev–Trinajstić information content (AvgIpc) is 2.90. The minimum Gasteiger partial charge on any atom is -0.477 e. The van der Waals surface area contributed by atoms with Crippen molar-refractivity contribution < 1.29 is 19.2 Å². The summed E-state index contributed by atoms with van der Waals surface area (Å²) in [5.41, 5.74) is 0.470. The van der Waals surface area contributed by atoms with Gasteiger partial charge in [0, 0.05) is 23.5 Å². The molecule has 2 aromatic rings. The third kappa shape index (κ3) is 2.98. The van der Waals surface area contributed by atoms with Gasteiger partial charge in [0.1, 0.15) is 17.1 Å². The second-order valence-electron chi connectivity index (χ2n) is 4.48. The molecule has 0 unspecified atom stereocenters. The van der Waals surface area contributed by atoms with Crippen molar-refractivity contribution in [1.29, 1.82) is 0 Å². The summed E-state index contributed by atoms with van der Waals surface area (Å²) < 4.78 is 5.02. The monoisotopic (exact) mass is 299 g/mol. The number of carbonyl (C=O) groups is 2. The average molecular weight is 299 g/mol. The van der Waals surface area contributed by atoms with E-state index in [1.165, 1.54) is 18.5 Å². The molecule has 7 heteroatoms. The van der Waals surface area contributed by atoms with E-state index in [2.05, 4.69) is 28.3 Å². The first-order chi connectivity index (χ1) is 10.4. The molecule has 112 valence electrons. The molecular weight excluding hydrogens is 286 g/mol. The van der Waals surface area contributed by atoms with E-state index in [1.54, 1.807) is 6.92 Å². The number of rotatable bonds is 6. The van der Waals surface area contributed by atoms with Gasteiger partial charge in [0.05, 0.1) is 6.42 Å². The zero-order chi connectivity index (χ0) is 16.3. The molecule has 0 aliphatic carbocycles. The molecule has 1 N–H and O–H groups in total. The van der Waals surface area contributed by atoms with Crippen molar-refractivity contribution in [3.8, 4) is 11.3 Å². The summed E-state index contributed by atoms with van der Waals surface area (Å²) in [6, 6.07) is 0. The molecule has 0 saturated heterocycles. The van der Waals surface area contributed by atoms with E-state index in [0.717, 1.165) is 0 Å². The van der Waals surface area contributed by atoms with Gasteiger partial charge in [-0.05, 0) is 6.92 Å². The predicted octanol–water partition coefficient (Wildman–Crippen LogP) is 1.99. The standard InChI is InChI=1S/C15H13N3O4/c1-4-8(2)11(19)5-12-13(15(20)21)14(18-22-12)10-6-16-9(3)17-7-10/h4,6-7H,1-2,5H2,3H3,(H,20,21). The van der Waals surface area contributed by atoms with E-state index in [-0.39, 0.29) is 34.8 Å². The minimum atomic E-state index is -1.25. The van der Waals surface area contributed by atoms with Gasteiger partial charge in [-0.3, -0.25) is 4.79 Å². The van der Waals surface area contributed by atoms with Crippen molar-refractivity contribution >= 4 is 11.8 Å². The van der Waals surface area contributed by atoms with Gasteiger partial charge < -0.3 is 9.63 Å². The number of allylic oxidation sites excluding steroid dienone is 2. The summed E-state index contributed by atoms with van der Waals surface area (Å²) in [7, 11) is 0. The number of aromatic nitrogens is 3. The summed E-state index contributed by atoms with van der Waals surface area (Å²) in [5.74, 6) is -1.14. The summed E-state index contributed by atoms with van der Waals surface area (Å²) >= 11 is 0. The summed E-state index contributed by atoms with van der Waals surface area (Å²) in [6.07, 6.45) is 3.93. The number of carboxylic acids is 1. The largest absolute Gasteiger partial charge is 0.477 e. The van der Waals surface area contributed by atoms with Gasteiger partial charge >= 0.3 is 5.97 Å². The number of ketones is 1. The maximum absolute atomic E-state index is 11.8. The van der Waals surface area contributed by atoms with Crippen LogP contribution in [0.5, 0.6) is 0 Å². The third-order valence-corrected chi connectivity index (χ3v) is 2.96. The van der Waals surface area contributed by atoms with Crippen LogP contribution in [-0.4, -0.2) is 32.0 Å². The number of hydrogen-bond donors (Lipinski definition) is 1. The van der Waals surface area contributed by atoms with Gasteiger partial charge in [0.25, 0.3) is 0 Å². The quantitative estimate of drug-likeness (QED) is 0.642. The fourth-order valence-electron chi connectivity index (χ4n) is 1.75. The fourth-order valence-corrected chi connectivity index (χ4v) is 1.75. The summed E-state index contributed by atoms with van der Waals surface area (Å²) in [4.78, 5) is 31.3. The molecule has 22 heavy (non-hydrogen) atoms. The number of Topliss-reactive ketones (excluding diaryl/α,β-unsaturated/α-hetero) is 1. The molecule has 0 amide bonds. The van der Waals surface area contributed by atoms with Crippen LogP contribution in [0.15, 0.2) is 41.7 Å². The molecule has 0 aliphatic rings.